The molecule has 0 amide bonds. The summed E-state index contributed by atoms with van der Waals surface area (Å²) in [4.78, 5) is 6.55. The van der Waals surface area contributed by atoms with Gasteiger partial charge in [0, 0.05) is 27.2 Å². The molecule has 1 saturated carbocycles. The van der Waals surface area contributed by atoms with Gasteiger partial charge in [0.2, 0.25) is 0 Å². The number of nitrogens with one attached hydrogen (secondary N) is 1. The van der Waals surface area contributed by atoms with Gasteiger partial charge in [0.05, 0.1) is 0 Å². The number of rotatable bonds is 8. The predicted octanol–water partition coefficient (Wildman–Crippen LogP) is 2.65. The van der Waals surface area contributed by atoms with Gasteiger partial charge in [0.25, 0.3) is 0 Å². The summed E-state index contributed by atoms with van der Waals surface area (Å²) < 4.78 is 0. The van der Waals surface area contributed by atoms with Gasteiger partial charge in [-0.15, -0.1) is 6.58 Å². The molecule has 0 spiro atoms. The van der Waals surface area contributed by atoms with Crippen LogP contribution in [0, 0.1) is 5.92 Å². The van der Waals surface area contributed by atoms with Crippen LogP contribution in [0.1, 0.15) is 38.5 Å². The smallest absolute Gasteiger partial charge is 0.193 e. The topological polar surface area (TPSA) is 27.6 Å². The van der Waals surface area contributed by atoms with E-state index < -0.39 is 0 Å². The molecule has 17 heavy (non-hydrogen) atoms. The number of hydrogen-bond donors (Lipinski definition) is 1. The molecule has 1 N–H and O–H groups in total. The van der Waals surface area contributed by atoms with Crippen molar-refractivity contribution in [1.29, 1.82) is 0 Å². The van der Waals surface area contributed by atoms with Gasteiger partial charge in [0.15, 0.2) is 5.96 Å². The Morgan fingerprint density at radius 3 is 2.76 bits per heavy atom. The van der Waals surface area contributed by atoms with Crippen molar-refractivity contribution in [2.24, 2.45) is 10.9 Å². The largest absolute Gasteiger partial charge is 0.356 e. The monoisotopic (exact) mass is 237 g/mol. The first kappa shape index (κ1) is 14.1. The summed E-state index contributed by atoms with van der Waals surface area (Å²) >= 11 is 0. The molecule has 1 fully saturated rings. The Bertz CT molecular complexity index is 244. The van der Waals surface area contributed by atoms with Crippen LogP contribution in [0.15, 0.2) is 17.6 Å². The third kappa shape index (κ3) is 6.35. The van der Waals surface area contributed by atoms with E-state index in [1.54, 1.807) is 0 Å². The minimum Gasteiger partial charge on any atom is -0.356 e. The molecule has 1 aliphatic rings. The second-order valence-electron chi connectivity index (χ2n) is 4.93. The minimum absolute atomic E-state index is 0.896. The Morgan fingerprint density at radius 1 is 1.41 bits per heavy atom. The summed E-state index contributed by atoms with van der Waals surface area (Å²) in [5.41, 5.74) is 0. The van der Waals surface area contributed by atoms with E-state index in [1.165, 1.54) is 32.1 Å². The second kappa shape index (κ2) is 8.15. The SMILES string of the molecule is C=CCCCCCN(C)C(=NC)NCC1CC1. The molecule has 0 heterocycles. The highest BCUT2D eigenvalue weighted by Gasteiger charge is 2.21. The van der Waals surface area contributed by atoms with Crippen molar-refractivity contribution in [3.05, 3.63) is 12.7 Å². The molecular weight excluding hydrogens is 210 g/mol. The summed E-state index contributed by atoms with van der Waals surface area (Å²) in [6.07, 6.45) is 9.67. The van der Waals surface area contributed by atoms with E-state index in [1.807, 2.05) is 13.1 Å². The molecule has 0 aromatic rings. The van der Waals surface area contributed by atoms with Gasteiger partial charge < -0.3 is 10.2 Å². The molecule has 0 bridgehead atoms. The number of allylic oxidation sites excluding steroid dienone is 1. The van der Waals surface area contributed by atoms with Crippen LogP contribution in [0.4, 0.5) is 0 Å². The fourth-order valence-electron chi connectivity index (χ4n) is 1.86. The number of guanidine groups is 1. The Kier molecular flexibility index (Phi) is 6.75. The van der Waals surface area contributed by atoms with Gasteiger partial charge in [-0.3, -0.25) is 4.99 Å². The van der Waals surface area contributed by atoms with Crippen LogP contribution in [-0.4, -0.2) is 38.0 Å². The Hall–Kier alpha value is -0.990. The molecule has 0 aromatic heterocycles. The third-order valence-corrected chi connectivity index (χ3v) is 3.22. The standard InChI is InChI=1S/C14H27N3/c1-4-5-6-7-8-11-17(3)14(15-2)16-12-13-9-10-13/h4,13H,1,5-12H2,2-3H3,(H,15,16). The van der Waals surface area contributed by atoms with Crippen LogP contribution in [-0.2, 0) is 0 Å². The van der Waals surface area contributed by atoms with Crippen molar-refractivity contribution in [2.75, 3.05) is 27.2 Å². The molecule has 0 aromatic carbocycles. The number of nitrogens with zero attached hydrogens (tertiary/aromatic N) is 2. The van der Waals surface area contributed by atoms with Crippen molar-refractivity contribution >= 4 is 5.96 Å². The summed E-state index contributed by atoms with van der Waals surface area (Å²) in [7, 11) is 3.99. The molecule has 0 atom stereocenters. The maximum atomic E-state index is 4.32. The van der Waals surface area contributed by atoms with Crippen LogP contribution < -0.4 is 5.32 Å². The predicted molar refractivity (Wildman–Crippen MR) is 75.4 cm³/mol. The van der Waals surface area contributed by atoms with Crippen LogP contribution in [0.25, 0.3) is 0 Å². The zero-order valence-corrected chi connectivity index (χ0v) is 11.4. The van der Waals surface area contributed by atoms with Crippen LogP contribution in [0.3, 0.4) is 0 Å². The fraction of sp³-hybridized carbons (Fsp3) is 0.786. The first-order valence-electron chi connectivity index (χ1n) is 6.80. The lowest BCUT2D eigenvalue weighted by Crippen LogP contribution is -2.40. The molecule has 0 radical (unpaired) electrons. The van der Waals surface area contributed by atoms with E-state index in [9.17, 15) is 0 Å². The van der Waals surface area contributed by atoms with E-state index in [-0.39, 0.29) is 0 Å². The summed E-state index contributed by atoms with van der Waals surface area (Å²) in [5, 5.41) is 3.44. The highest BCUT2D eigenvalue weighted by Crippen LogP contribution is 2.27. The van der Waals surface area contributed by atoms with Gasteiger partial charge in [-0.1, -0.05) is 12.5 Å². The zero-order chi connectivity index (χ0) is 12.5. The van der Waals surface area contributed by atoms with Crippen molar-refractivity contribution in [2.45, 2.75) is 38.5 Å². The lowest BCUT2D eigenvalue weighted by atomic mass is 10.2. The summed E-state index contributed by atoms with van der Waals surface area (Å²) in [6, 6.07) is 0. The second-order valence-corrected chi connectivity index (χ2v) is 4.93. The van der Waals surface area contributed by atoms with Crippen LogP contribution >= 0.6 is 0 Å². The van der Waals surface area contributed by atoms with Gasteiger partial charge in [-0.25, -0.2) is 0 Å². The van der Waals surface area contributed by atoms with E-state index in [0.29, 0.717) is 0 Å². The van der Waals surface area contributed by atoms with Crippen molar-refractivity contribution in [3.63, 3.8) is 0 Å². The molecule has 0 unspecified atom stereocenters. The maximum absolute atomic E-state index is 4.32. The highest BCUT2D eigenvalue weighted by atomic mass is 15.3. The molecule has 0 saturated heterocycles. The van der Waals surface area contributed by atoms with Gasteiger partial charge in [-0.05, 0) is 38.0 Å². The van der Waals surface area contributed by atoms with Crippen LogP contribution in [0.5, 0.6) is 0 Å². The van der Waals surface area contributed by atoms with Gasteiger partial charge >= 0.3 is 0 Å². The molecular formula is C14H27N3. The molecule has 3 nitrogen and oxygen atoms in total. The molecule has 1 rings (SSSR count). The van der Waals surface area contributed by atoms with Gasteiger partial charge in [0.1, 0.15) is 0 Å². The highest BCUT2D eigenvalue weighted by molar-refractivity contribution is 5.79. The Labute approximate surface area is 106 Å². The molecule has 1 aliphatic carbocycles. The Balaban J connectivity index is 2.09. The van der Waals surface area contributed by atoms with E-state index in [0.717, 1.165) is 31.4 Å². The quantitative estimate of drug-likeness (QED) is 0.304. The van der Waals surface area contributed by atoms with Crippen molar-refractivity contribution < 1.29 is 0 Å². The first-order valence-corrected chi connectivity index (χ1v) is 6.80. The first-order chi connectivity index (χ1) is 8.27. The summed E-state index contributed by atoms with van der Waals surface area (Å²) in [6.45, 7) is 5.92. The number of unbranched alkanes of at least 4 members (excludes halogenated alkanes) is 3. The third-order valence-electron chi connectivity index (χ3n) is 3.22. The summed E-state index contributed by atoms with van der Waals surface area (Å²) in [5.74, 6) is 1.94. The molecule has 98 valence electrons. The normalized spacial score (nSPS) is 15.8. The molecule has 0 aliphatic heterocycles. The van der Waals surface area contributed by atoms with Gasteiger partial charge in [-0.2, -0.15) is 0 Å². The van der Waals surface area contributed by atoms with Crippen LogP contribution in [0.2, 0.25) is 0 Å². The number of aliphatic imine (C=N–C) groups is 1. The lowest BCUT2D eigenvalue weighted by Gasteiger charge is -2.22. The average Bonchev–Trinajstić information content (AvgIpc) is 3.13. The molecule has 3 heteroatoms. The van der Waals surface area contributed by atoms with Crippen molar-refractivity contribution in [3.8, 4) is 0 Å². The fourth-order valence-corrected chi connectivity index (χ4v) is 1.86. The number of hydrogen-bond acceptors (Lipinski definition) is 1. The zero-order valence-electron chi connectivity index (χ0n) is 11.4. The van der Waals surface area contributed by atoms with Crippen molar-refractivity contribution in [1.82, 2.24) is 10.2 Å². The van der Waals surface area contributed by atoms with E-state index in [2.05, 4.69) is 28.8 Å². The lowest BCUT2D eigenvalue weighted by molar-refractivity contribution is 0.454. The Morgan fingerprint density at radius 2 is 2.18 bits per heavy atom. The maximum Gasteiger partial charge on any atom is 0.193 e. The minimum atomic E-state index is 0.896. The van der Waals surface area contributed by atoms with E-state index >= 15 is 0 Å². The average molecular weight is 237 g/mol. The van der Waals surface area contributed by atoms with E-state index in [4.69, 9.17) is 0 Å².